The van der Waals surface area contributed by atoms with Crippen molar-refractivity contribution in [1.29, 1.82) is 0 Å². The average Bonchev–Trinajstić information content (AvgIpc) is 3.63. The maximum absolute atomic E-state index is 14.3. The van der Waals surface area contributed by atoms with Gasteiger partial charge in [0.1, 0.15) is 23.8 Å². The van der Waals surface area contributed by atoms with Crippen LogP contribution in [0.5, 0.6) is 11.5 Å². The highest BCUT2D eigenvalue weighted by atomic mass is 79.9. The molecule has 0 aliphatic carbocycles. The molecule has 0 saturated heterocycles. The van der Waals surface area contributed by atoms with Crippen LogP contribution in [0.4, 0.5) is 0 Å². The number of esters is 1. The van der Waals surface area contributed by atoms with Gasteiger partial charge in [-0.1, -0.05) is 54.3 Å². The normalized spacial score (nSPS) is 14.4. The maximum atomic E-state index is 14.3. The number of carbonyl (C=O) groups excluding carboxylic acids is 1. The van der Waals surface area contributed by atoms with Crippen LogP contribution in [0.1, 0.15) is 24.1 Å². The Hall–Kier alpha value is -5.00. The molecule has 0 fully saturated rings. The molecule has 1 aliphatic heterocycles. The third kappa shape index (κ3) is 5.86. The summed E-state index contributed by atoms with van der Waals surface area (Å²) in [6.45, 7) is 5.43. The number of hydrogen-bond donors (Lipinski definition) is 0. The highest BCUT2D eigenvalue weighted by molar-refractivity contribution is 9.10. The molecule has 1 atom stereocenters. The second-order valence-electron chi connectivity index (χ2n) is 10.3. The van der Waals surface area contributed by atoms with E-state index in [2.05, 4.69) is 22.5 Å². The number of aromatic nitrogens is 3. The van der Waals surface area contributed by atoms with E-state index in [4.69, 9.17) is 24.3 Å². The van der Waals surface area contributed by atoms with Crippen LogP contribution in [-0.2, 0) is 9.53 Å². The monoisotopic (exact) mass is 696 g/mol. The molecule has 2 aromatic heterocycles. The van der Waals surface area contributed by atoms with Crippen molar-refractivity contribution < 1.29 is 19.0 Å². The Morgan fingerprint density at radius 2 is 1.83 bits per heavy atom. The minimum Gasteiger partial charge on any atom is -0.497 e. The first-order valence-electron chi connectivity index (χ1n) is 14.3. The quantitative estimate of drug-likeness (QED) is 0.147. The first kappa shape index (κ1) is 31.0. The predicted octanol–water partition coefficient (Wildman–Crippen LogP) is 5.60. The van der Waals surface area contributed by atoms with Gasteiger partial charge in [0.15, 0.2) is 4.80 Å². The van der Waals surface area contributed by atoms with Crippen molar-refractivity contribution in [3.8, 4) is 28.4 Å². The van der Waals surface area contributed by atoms with Crippen molar-refractivity contribution in [3.05, 3.63) is 138 Å². The van der Waals surface area contributed by atoms with Gasteiger partial charge in [-0.3, -0.25) is 9.36 Å². The molecule has 3 heterocycles. The molecule has 46 heavy (non-hydrogen) atoms. The molecular formula is C35H29BrN4O5S. The number of fused-ring (bicyclic) bond motifs is 1. The predicted molar refractivity (Wildman–Crippen MR) is 181 cm³/mol. The number of nitrogens with zero attached hydrogens (tertiary/aromatic N) is 4. The van der Waals surface area contributed by atoms with E-state index in [1.165, 1.54) is 17.4 Å². The summed E-state index contributed by atoms with van der Waals surface area (Å²) in [5, 5.41) is 4.92. The zero-order valence-electron chi connectivity index (χ0n) is 25.3. The smallest absolute Gasteiger partial charge is 0.338 e. The minimum atomic E-state index is -0.759. The van der Waals surface area contributed by atoms with Crippen LogP contribution in [0.2, 0.25) is 0 Å². The van der Waals surface area contributed by atoms with E-state index < -0.39 is 12.0 Å². The molecule has 1 aliphatic rings. The molecule has 9 nitrogen and oxygen atoms in total. The summed E-state index contributed by atoms with van der Waals surface area (Å²) in [6, 6.07) is 22.0. The molecular weight excluding hydrogens is 668 g/mol. The van der Waals surface area contributed by atoms with Gasteiger partial charge in [-0.25, -0.2) is 14.5 Å². The van der Waals surface area contributed by atoms with Gasteiger partial charge in [-0.2, -0.15) is 5.10 Å². The van der Waals surface area contributed by atoms with Crippen LogP contribution in [0, 0.1) is 0 Å². The van der Waals surface area contributed by atoms with Gasteiger partial charge in [0.25, 0.3) is 5.56 Å². The van der Waals surface area contributed by atoms with Gasteiger partial charge in [-0.15, -0.1) is 0 Å². The Morgan fingerprint density at radius 3 is 2.50 bits per heavy atom. The van der Waals surface area contributed by atoms with E-state index in [1.54, 1.807) is 42.5 Å². The van der Waals surface area contributed by atoms with Crippen molar-refractivity contribution in [2.24, 2.45) is 4.99 Å². The van der Waals surface area contributed by atoms with E-state index in [0.29, 0.717) is 37.8 Å². The highest BCUT2D eigenvalue weighted by Gasteiger charge is 2.33. The van der Waals surface area contributed by atoms with Crippen LogP contribution in [-0.4, -0.2) is 41.1 Å². The van der Waals surface area contributed by atoms with E-state index in [-0.39, 0.29) is 17.7 Å². The Morgan fingerprint density at radius 1 is 1.07 bits per heavy atom. The summed E-state index contributed by atoms with van der Waals surface area (Å²) in [6.07, 6.45) is 5.22. The summed E-state index contributed by atoms with van der Waals surface area (Å²) in [5.41, 5.74) is 4.29. The lowest BCUT2D eigenvalue weighted by Crippen LogP contribution is -2.39. The molecule has 11 heteroatoms. The van der Waals surface area contributed by atoms with Gasteiger partial charge in [0, 0.05) is 17.3 Å². The number of methoxy groups -OCH3 is 2. The molecule has 6 rings (SSSR count). The standard InChI is InChI=1S/C35H29BrN4O5S/c1-5-17-45-34(42)30-21(2)37-35-40(32(30)22-11-14-26(43-3)15-12-22)33(41)29(46-35)19-24-20-39(25-9-7-6-8-10-25)38-31(24)23-13-16-28(44-4)27(36)18-23/h5-16,18-20,32H,1,17H2,2-4H3/b29-19-/t32-/m0/s1. The van der Waals surface area contributed by atoms with Crippen molar-refractivity contribution >= 4 is 39.3 Å². The number of carbonyl (C=O) groups is 1. The lowest BCUT2D eigenvalue weighted by Gasteiger charge is -2.24. The fraction of sp³-hybridized carbons (Fsp3) is 0.143. The van der Waals surface area contributed by atoms with Crippen LogP contribution < -0.4 is 24.4 Å². The Balaban J connectivity index is 1.55. The molecule has 0 bridgehead atoms. The molecule has 0 spiro atoms. The topological polar surface area (TPSA) is 96.9 Å². The minimum absolute atomic E-state index is 0.0328. The molecule has 232 valence electrons. The van der Waals surface area contributed by atoms with Gasteiger partial charge < -0.3 is 14.2 Å². The zero-order chi connectivity index (χ0) is 32.4. The first-order chi connectivity index (χ1) is 22.3. The van der Waals surface area contributed by atoms with Crippen LogP contribution in [0.25, 0.3) is 23.0 Å². The lowest BCUT2D eigenvalue weighted by molar-refractivity contribution is -0.138. The fourth-order valence-electron chi connectivity index (χ4n) is 5.28. The molecule has 3 aromatic carbocycles. The Bertz CT molecular complexity index is 2160. The highest BCUT2D eigenvalue weighted by Crippen LogP contribution is 2.33. The Kier molecular flexibility index (Phi) is 8.87. The lowest BCUT2D eigenvalue weighted by atomic mass is 9.96. The molecule has 5 aromatic rings. The van der Waals surface area contributed by atoms with Crippen molar-refractivity contribution in [2.75, 3.05) is 20.8 Å². The maximum Gasteiger partial charge on any atom is 0.338 e. The third-order valence-corrected chi connectivity index (χ3v) is 9.08. The molecule has 0 N–H and O–H groups in total. The molecule has 0 saturated carbocycles. The number of para-hydroxylation sites is 1. The molecule has 0 unspecified atom stereocenters. The summed E-state index contributed by atoms with van der Waals surface area (Å²) >= 11 is 4.84. The van der Waals surface area contributed by atoms with E-state index in [0.717, 1.165) is 21.3 Å². The first-order valence-corrected chi connectivity index (χ1v) is 15.9. The van der Waals surface area contributed by atoms with Crippen LogP contribution in [0.3, 0.4) is 0 Å². The SMILES string of the molecule is C=CCOC(=O)C1=C(C)N=c2s/c(=C\c3cn(-c4ccccc4)nc3-c3ccc(OC)c(Br)c3)c(=O)n2[C@H]1c1ccc(OC)cc1. The summed E-state index contributed by atoms with van der Waals surface area (Å²) in [5.74, 6) is 0.783. The number of rotatable bonds is 9. The summed E-state index contributed by atoms with van der Waals surface area (Å²) in [4.78, 5) is 32.8. The number of hydrogen-bond acceptors (Lipinski definition) is 8. The largest absolute Gasteiger partial charge is 0.497 e. The van der Waals surface area contributed by atoms with E-state index in [1.807, 2.05) is 72.9 Å². The Labute approximate surface area is 277 Å². The molecule has 0 amide bonds. The van der Waals surface area contributed by atoms with E-state index in [9.17, 15) is 9.59 Å². The second kappa shape index (κ2) is 13.2. The summed E-state index contributed by atoms with van der Waals surface area (Å²) < 4.78 is 20.8. The number of thiazole rings is 1. The van der Waals surface area contributed by atoms with Gasteiger partial charge in [-0.05, 0) is 77.0 Å². The van der Waals surface area contributed by atoms with Gasteiger partial charge in [0.2, 0.25) is 0 Å². The average molecular weight is 698 g/mol. The molecule has 0 radical (unpaired) electrons. The zero-order valence-corrected chi connectivity index (χ0v) is 27.7. The van der Waals surface area contributed by atoms with Crippen LogP contribution >= 0.6 is 27.3 Å². The van der Waals surface area contributed by atoms with E-state index >= 15 is 0 Å². The van der Waals surface area contributed by atoms with Gasteiger partial charge in [0.05, 0.1) is 46.2 Å². The third-order valence-electron chi connectivity index (χ3n) is 7.48. The number of ether oxygens (including phenoxy) is 3. The van der Waals surface area contributed by atoms with Gasteiger partial charge >= 0.3 is 5.97 Å². The van der Waals surface area contributed by atoms with Crippen molar-refractivity contribution in [3.63, 3.8) is 0 Å². The summed E-state index contributed by atoms with van der Waals surface area (Å²) in [7, 11) is 3.19. The van der Waals surface area contributed by atoms with Crippen LogP contribution in [0.15, 0.2) is 117 Å². The fourth-order valence-corrected chi connectivity index (χ4v) is 6.86. The second-order valence-corrected chi connectivity index (χ2v) is 12.2. The van der Waals surface area contributed by atoms with Crippen molar-refractivity contribution in [1.82, 2.24) is 14.3 Å². The number of allylic oxidation sites excluding steroid dienone is 1. The number of benzene rings is 3. The van der Waals surface area contributed by atoms with Crippen molar-refractivity contribution in [2.45, 2.75) is 13.0 Å². The number of halogens is 1.